The molecule has 15 heavy (non-hydrogen) atoms. The van der Waals surface area contributed by atoms with Crippen molar-refractivity contribution in [1.29, 1.82) is 0 Å². The molecule has 0 aliphatic heterocycles. The quantitative estimate of drug-likeness (QED) is 0.835. The number of aryl methyl sites for hydroxylation is 3. The second-order valence-corrected chi connectivity index (χ2v) is 4.00. The number of hydrogen-bond donors (Lipinski definition) is 2. The molecule has 0 bridgehead atoms. The van der Waals surface area contributed by atoms with Crippen molar-refractivity contribution in [2.75, 3.05) is 6.54 Å². The minimum absolute atomic E-state index is 0. The molecular formula is C12H21ClN2. The minimum atomic E-state index is 0. The molecule has 1 rings (SSSR count). The molecule has 0 aromatic heterocycles. The zero-order chi connectivity index (χ0) is 10.7. The first-order valence-electron chi connectivity index (χ1n) is 5.09. The van der Waals surface area contributed by atoms with Crippen molar-refractivity contribution < 1.29 is 0 Å². The van der Waals surface area contributed by atoms with Crippen molar-refractivity contribution in [1.82, 2.24) is 0 Å². The first-order chi connectivity index (χ1) is 6.56. The van der Waals surface area contributed by atoms with E-state index in [-0.39, 0.29) is 18.4 Å². The Kier molecular flexibility index (Phi) is 5.88. The van der Waals surface area contributed by atoms with Gasteiger partial charge in [-0.25, -0.2) is 0 Å². The monoisotopic (exact) mass is 228 g/mol. The summed E-state index contributed by atoms with van der Waals surface area (Å²) in [5, 5.41) is 0. The first kappa shape index (κ1) is 14.4. The standard InChI is InChI=1S/C12H20N2.ClH/c1-8-6-9(2)12(10(3)7-8)11(14)4-5-13;/h6-7,11H,4-5,13-14H2,1-3H3;1H/t11-;/m0./s1. The smallest absolute Gasteiger partial charge is 0.0312 e. The van der Waals surface area contributed by atoms with Gasteiger partial charge in [-0.2, -0.15) is 0 Å². The van der Waals surface area contributed by atoms with Crippen molar-refractivity contribution in [3.63, 3.8) is 0 Å². The second kappa shape index (κ2) is 6.11. The zero-order valence-corrected chi connectivity index (χ0v) is 10.5. The Morgan fingerprint density at radius 3 is 2.00 bits per heavy atom. The molecule has 0 heterocycles. The number of halogens is 1. The highest BCUT2D eigenvalue weighted by Gasteiger charge is 2.11. The maximum Gasteiger partial charge on any atom is 0.0312 e. The van der Waals surface area contributed by atoms with E-state index < -0.39 is 0 Å². The van der Waals surface area contributed by atoms with Gasteiger partial charge in [0.1, 0.15) is 0 Å². The molecule has 2 nitrogen and oxygen atoms in total. The van der Waals surface area contributed by atoms with E-state index in [4.69, 9.17) is 11.5 Å². The van der Waals surface area contributed by atoms with Crippen LogP contribution in [0, 0.1) is 20.8 Å². The van der Waals surface area contributed by atoms with Crippen molar-refractivity contribution in [2.24, 2.45) is 11.5 Å². The molecule has 0 saturated heterocycles. The predicted octanol–water partition coefficient (Wildman–Crippen LogP) is 2.38. The van der Waals surface area contributed by atoms with Crippen LogP contribution in [0.25, 0.3) is 0 Å². The maximum atomic E-state index is 6.08. The summed E-state index contributed by atoms with van der Waals surface area (Å²) in [6, 6.07) is 4.44. The lowest BCUT2D eigenvalue weighted by Gasteiger charge is -2.17. The third-order valence-electron chi connectivity index (χ3n) is 2.59. The largest absolute Gasteiger partial charge is 0.330 e. The Bertz CT molecular complexity index is 300. The van der Waals surface area contributed by atoms with Crippen LogP contribution in [0.3, 0.4) is 0 Å². The zero-order valence-electron chi connectivity index (χ0n) is 9.71. The summed E-state index contributed by atoms with van der Waals surface area (Å²) in [5.41, 5.74) is 16.7. The summed E-state index contributed by atoms with van der Waals surface area (Å²) in [4.78, 5) is 0. The van der Waals surface area contributed by atoms with E-state index in [0.29, 0.717) is 6.54 Å². The van der Waals surface area contributed by atoms with E-state index in [1.54, 1.807) is 0 Å². The van der Waals surface area contributed by atoms with Crippen LogP contribution in [0.5, 0.6) is 0 Å². The summed E-state index contributed by atoms with van der Waals surface area (Å²) < 4.78 is 0. The minimum Gasteiger partial charge on any atom is -0.330 e. The Labute approximate surface area is 98.5 Å². The highest BCUT2D eigenvalue weighted by molar-refractivity contribution is 5.85. The van der Waals surface area contributed by atoms with Gasteiger partial charge in [0.25, 0.3) is 0 Å². The van der Waals surface area contributed by atoms with E-state index in [1.807, 2.05) is 0 Å². The molecule has 1 atom stereocenters. The van der Waals surface area contributed by atoms with Gasteiger partial charge in [-0.05, 0) is 50.4 Å². The number of nitrogens with two attached hydrogens (primary N) is 2. The Balaban J connectivity index is 0.00000196. The Morgan fingerprint density at radius 2 is 1.60 bits per heavy atom. The molecular weight excluding hydrogens is 208 g/mol. The Hall–Kier alpha value is -0.570. The molecule has 1 aromatic carbocycles. The molecule has 3 heteroatoms. The lowest BCUT2D eigenvalue weighted by atomic mass is 9.93. The van der Waals surface area contributed by atoms with E-state index in [2.05, 4.69) is 32.9 Å². The van der Waals surface area contributed by atoms with Gasteiger partial charge in [-0.1, -0.05) is 17.7 Å². The average Bonchev–Trinajstić information content (AvgIpc) is 2.01. The normalized spacial score (nSPS) is 12.1. The predicted molar refractivity (Wildman–Crippen MR) is 68.5 cm³/mol. The van der Waals surface area contributed by atoms with E-state index in [1.165, 1.54) is 22.3 Å². The number of rotatable bonds is 3. The third kappa shape index (κ3) is 3.49. The molecule has 86 valence electrons. The van der Waals surface area contributed by atoms with Crippen LogP contribution in [0.2, 0.25) is 0 Å². The van der Waals surface area contributed by atoms with Crippen LogP contribution < -0.4 is 11.5 Å². The highest BCUT2D eigenvalue weighted by atomic mass is 35.5. The molecule has 0 radical (unpaired) electrons. The topological polar surface area (TPSA) is 52.0 Å². The van der Waals surface area contributed by atoms with Crippen LogP contribution in [-0.4, -0.2) is 6.54 Å². The summed E-state index contributed by atoms with van der Waals surface area (Å²) >= 11 is 0. The molecule has 0 unspecified atom stereocenters. The second-order valence-electron chi connectivity index (χ2n) is 4.00. The SMILES string of the molecule is Cc1cc(C)c([C@@H](N)CCN)c(C)c1.Cl. The van der Waals surface area contributed by atoms with Crippen LogP contribution >= 0.6 is 12.4 Å². The van der Waals surface area contributed by atoms with Crippen molar-refractivity contribution >= 4 is 12.4 Å². The van der Waals surface area contributed by atoms with Crippen molar-refractivity contribution in [3.8, 4) is 0 Å². The van der Waals surface area contributed by atoms with Gasteiger partial charge in [0.15, 0.2) is 0 Å². The maximum absolute atomic E-state index is 6.08. The molecule has 0 saturated carbocycles. The summed E-state index contributed by atoms with van der Waals surface area (Å²) in [5.74, 6) is 0. The van der Waals surface area contributed by atoms with Crippen molar-refractivity contribution in [2.45, 2.75) is 33.2 Å². The highest BCUT2D eigenvalue weighted by Crippen LogP contribution is 2.23. The van der Waals surface area contributed by atoms with Crippen LogP contribution in [0.4, 0.5) is 0 Å². The molecule has 1 aromatic rings. The number of benzene rings is 1. The van der Waals surface area contributed by atoms with Crippen LogP contribution in [0.1, 0.15) is 34.7 Å². The fourth-order valence-electron chi connectivity index (χ4n) is 2.10. The summed E-state index contributed by atoms with van der Waals surface area (Å²) in [6.45, 7) is 6.99. The average molecular weight is 229 g/mol. The van der Waals surface area contributed by atoms with Gasteiger partial charge < -0.3 is 11.5 Å². The summed E-state index contributed by atoms with van der Waals surface area (Å²) in [6.07, 6.45) is 0.852. The van der Waals surface area contributed by atoms with Gasteiger partial charge in [0, 0.05) is 6.04 Å². The third-order valence-corrected chi connectivity index (χ3v) is 2.59. The van der Waals surface area contributed by atoms with Gasteiger partial charge in [-0.15, -0.1) is 12.4 Å². The van der Waals surface area contributed by atoms with Gasteiger partial charge >= 0.3 is 0 Å². The Morgan fingerprint density at radius 1 is 1.13 bits per heavy atom. The van der Waals surface area contributed by atoms with Crippen LogP contribution in [-0.2, 0) is 0 Å². The summed E-state index contributed by atoms with van der Waals surface area (Å²) in [7, 11) is 0. The molecule has 0 fully saturated rings. The lowest BCUT2D eigenvalue weighted by Crippen LogP contribution is -2.17. The fourth-order valence-corrected chi connectivity index (χ4v) is 2.10. The van der Waals surface area contributed by atoms with E-state index >= 15 is 0 Å². The first-order valence-corrected chi connectivity index (χ1v) is 5.09. The van der Waals surface area contributed by atoms with Crippen molar-refractivity contribution in [3.05, 3.63) is 34.4 Å². The molecule has 0 aliphatic rings. The van der Waals surface area contributed by atoms with Gasteiger partial charge in [0.2, 0.25) is 0 Å². The number of hydrogen-bond acceptors (Lipinski definition) is 2. The molecule has 0 amide bonds. The van der Waals surface area contributed by atoms with Crippen LogP contribution in [0.15, 0.2) is 12.1 Å². The van der Waals surface area contributed by atoms with E-state index in [0.717, 1.165) is 6.42 Å². The fraction of sp³-hybridized carbons (Fsp3) is 0.500. The molecule has 4 N–H and O–H groups in total. The molecule has 0 aliphatic carbocycles. The van der Waals surface area contributed by atoms with Gasteiger partial charge in [-0.3, -0.25) is 0 Å². The molecule has 0 spiro atoms. The lowest BCUT2D eigenvalue weighted by molar-refractivity contribution is 0.653. The van der Waals surface area contributed by atoms with Gasteiger partial charge in [0.05, 0.1) is 0 Å². The van der Waals surface area contributed by atoms with E-state index in [9.17, 15) is 0 Å².